The van der Waals surface area contributed by atoms with E-state index < -0.39 is 20.1 Å². The first kappa shape index (κ1) is 33.2. The van der Waals surface area contributed by atoms with Crippen LogP contribution in [0.3, 0.4) is 0 Å². The summed E-state index contributed by atoms with van der Waals surface area (Å²) in [6.07, 6.45) is -0.890. The maximum Gasteiger partial charge on any atom is 0.338 e. The summed E-state index contributed by atoms with van der Waals surface area (Å²) < 4.78 is 23.1. The zero-order valence-corrected chi connectivity index (χ0v) is 27.8. The third kappa shape index (κ3) is 9.42. The number of ether oxygens (including phenoxy) is 4. The first-order valence-electron chi connectivity index (χ1n) is 15.8. The fourth-order valence-electron chi connectivity index (χ4n) is 5.49. The Morgan fingerprint density at radius 1 is 0.870 bits per heavy atom. The van der Waals surface area contributed by atoms with Crippen molar-refractivity contribution in [3.05, 3.63) is 113 Å². The summed E-state index contributed by atoms with van der Waals surface area (Å²) in [6.45, 7) is 8.91. The number of esters is 1. The highest BCUT2D eigenvalue weighted by atomic mass is 28.3. The second kappa shape index (κ2) is 15.4. The number of fused-ring (bicyclic) bond motifs is 1. The monoisotopic (exact) mass is 640 g/mol. The summed E-state index contributed by atoms with van der Waals surface area (Å²) in [4.78, 5) is 25.6. The molecule has 0 bridgehead atoms. The van der Waals surface area contributed by atoms with Crippen molar-refractivity contribution in [1.82, 2.24) is 4.90 Å². The topological polar surface area (TPSA) is 97.4 Å². The molecule has 0 N–H and O–H groups in total. The Kier molecular flexibility index (Phi) is 11.1. The number of rotatable bonds is 13. The molecule has 5 rings (SSSR count). The van der Waals surface area contributed by atoms with Crippen LogP contribution in [0.4, 0.5) is 4.79 Å². The lowest BCUT2D eigenvalue weighted by molar-refractivity contribution is -0.268. The summed E-state index contributed by atoms with van der Waals surface area (Å²) >= 11 is 0. The molecule has 1 aliphatic heterocycles. The van der Waals surface area contributed by atoms with E-state index in [2.05, 4.69) is 43.9 Å². The smallest absolute Gasteiger partial charge is 0.338 e. The van der Waals surface area contributed by atoms with Gasteiger partial charge in [0.1, 0.15) is 18.4 Å². The molecule has 242 valence electrons. The van der Waals surface area contributed by atoms with Gasteiger partial charge in [-0.3, -0.25) is 0 Å². The Balaban J connectivity index is 1.13. The number of carbonyl (C=O) groups is 2. The lowest BCUT2D eigenvalue weighted by atomic mass is 9.86. The van der Waals surface area contributed by atoms with Crippen molar-refractivity contribution < 1.29 is 33.6 Å². The van der Waals surface area contributed by atoms with Gasteiger partial charge in [-0.1, -0.05) is 80.3 Å². The van der Waals surface area contributed by atoms with Gasteiger partial charge in [-0.25, -0.2) is 4.79 Å². The van der Waals surface area contributed by atoms with Crippen molar-refractivity contribution in [2.45, 2.75) is 57.3 Å². The fraction of sp³-hybridized carbons (Fsp3) is 0.351. The van der Waals surface area contributed by atoms with E-state index >= 15 is 0 Å². The van der Waals surface area contributed by atoms with Crippen molar-refractivity contribution in [3.8, 4) is 5.75 Å². The summed E-state index contributed by atoms with van der Waals surface area (Å²) in [6, 6.07) is 30.2. The van der Waals surface area contributed by atoms with E-state index in [0.717, 1.165) is 33.5 Å². The van der Waals surface area contributed by atoms with E-state index in [1.807, 2.05) is 42.5 Å². The highest BCUT2D eigenvalue weighted by molar-refractivity contribution is 6.76. The van der Waals surface area contributed by atoms with Gasteiger partial charge in [0.2, 0.25) is 0 Å². The molecule has 1 fully saturated rings. The van der Waals surface area contributed by atoms with E-state index in [0.29, 0.717) is 37.5 Å². The van der Waals surface area contributed by atoms with Gasteiger partial charge < -0.3 is 33.7 Å². The number of nitrogens with zero attached hydrogens (tertiary/aromatic N) is 1. The number of benzene rings is 4. The Hall–Kier alpha value is -4.18. The molecule has 0 spiro atoms. The third-order valence-electron chi connectivity index (χ3n) is 8.27. The van der Waals surface area contributed by atoms with Gasteiger partial charge in [0.15, 0.2) is 6.79 Å². The van der Waals surface area contributed by atoms with Crippen molar-refractivity contribution in [3.63, 3.8) is 0 Å². The van der Waals surface area contributed by atoms with Crippen molar-refractivity contribution in [2.75, 3.05) is 26.5 Å². The number of amides is 1. The number of hydrogen-bond acceptors (Lipinski definition) is 7. The molecular weight excluding hydrogens is 598 g/mol. The molecule has 2 atom stereocenters. The van der Waals surface area contributed by atoms with E-state index in [1.165, 1.54) is 4.90 Å². The second-order valence-corrected chi connectivity index (χ2v) is 18.6. The van der Waals surface area contributed by atoms with Crippen LogP contribution in [0.15, 0.2) is 91.0 Å². The van der Waals surface area contributed by atoms with Crippen molar-refractivity contribution in [1.29, 1.82) is 0 Å². The normalized spacial score (nSPS) is 16.7. The molecular formula is C37H42NO7Si-. The summed E-state index contributed by atoms with van der Waals surface area (Å²) in [7, 11) is -1.14. The first-order chi connectivity index (χ1) is 22.1. The van der Waals surface area contributed by atoms with E-state index in [4.69, 9.17) is 18.9 Å². The van der Waals surface area contributed by atoms with Crippen molar-refractivity contribution >= 4 is 30.9 Å². The highest BCUT2D eigenvalue weighted by Gasteiger charge is 2.31. The largest absolute Gasteiger partial charge is 0.530 e. The average Bonchev–Trinajstić information content (AvgIpc) is 3.06. The van der Waals surface area contributed by atoms with Gasteiger partial charge >= 0.3 is 5.97 Å². The van der Waals surface area contributed by atoms with Crippen LogP contribution in [0, 0.1) is 0 Å². The van der Waals surface area contributed by atoms with E-state index in [9.17, 15) is 14.7 Å². The Labute approximate surface area is 271 Å². The van der Waals surface area contributed by atoms with Gasteiger partial charge in [-0.2, -0.15) is 0 Å². The molecule has 2 unspecified atom stereocenters. The molecule has 0 aromatic heterocycles. The standard InChI is InChI=1S/C37H43NO7Si/c1-46(2,3)21-20-42-26-45-33-16-14-31(15-17-33)36(39)44-24-27-8-12-30(13-9-27)34-18-19-38(37(40)41)23-35(34)43-25-28-10-11-29-6-4-5-7-32(29)22-28/h4-17,22,34-35H,18-21,23-26H2,1-3H3,(H,40,41)/p-1. The van der Waals surface area contributed by atoms with Crippen molar-refractivity contribution in [2.24, 2.45) is 0 Å². The third-order valence-corrected chi connectivity index (χ3v) is 9.97. The maximum atomic E-state index is 12.7. The zero-order chi connectivity index (χ0) is 32.5. The van der Waals surface area contributed by atoms with Crippen LogP contribution in [0.5, 0.6) is 5.75 Å². The maximum absolute atomic E-state index is 12.7. The zero-order valence-electron chi connectivity index (χ0n) is 26.8. The molecule has 4 aromatic carbocycles. The van der Waals surface area contributed by atoms with Crippen LogP contribution >= 0.6 is 0 Å². The lowest BCUT2D eigenvalue weighted by Crippen LogP contribution is -2.51. The van der Waals surface area contributed by atoms with Gasteiger partial charge in [0.05, 0.1) is 18.3 Å². The van der Waals surface area contributed by atoms with Gasteiger partial charge in [0, 0.05) is 33.7 Å². The van der Waals surface area contributed by atoms with Crippen LogP contribution in [0.25, 0.3) is 10.8 Å². The summed E-state index contributed by atoms with van der Waals surface area (Å²) in [5.74, 6) is 0.225. The molecule has 0 saturated carbocycles. The molecule has 1 amide bonds. The molecule has 46 heavy (non-hydrogen) atoms. The molecule has 1 heterocycles. The SMILES string of the molecule is C[Si](C)(C)CCOCOc1ccc(C(=O)OCc2ccc(C3CCN(C(=O)[O-])CC3OCc3ccc4ccccc4c3)cc2)cc1. The summed E-state index contributed by atoms with van der Waals surface area (Å²) in [5, 5.41) is 13.9. The Bertz CT molecular complexity index is 1600. The number of piperidine rings is 1. The van der Waals surface area contributed by atoms with Gasteiger partial charge in [-0.15, -0.1) is 0 Å². The van der Waals surface area contributed by atoms with Crippen LogP contribution in [0.2, 0.25) is 25.7 Å². The minimum absolute atomic E-state index is 0.0131. The minimum Gasteiger partial charge on any atom is -0.530 e. The quantitative estimate of drug-likeness (QED) is 0.0703. The molecule has 8 nitrogen and oxygen atoms in total. The van der Waals surface area contributed by atoms with Crippen LogP contribution < -0.4 is 9.84 Å². The van der Waals surface area contributed by atoms with Crippen LogP contribution in [0.1, 0.15) is 39.4 Å². The summed E-state index contributed by atoms with van der Waals surface area (Å²) in [5.41, 5.74) is 3.38. The molecule has 0 radical (unpaired) electrons. The van der Waals surface area contributed by atoms with Gasteiger partial charge in [-0.05, 0) is 70.3 Å². The predicted octanol–water partition coefficient (Wildman–Crippen LogP) is 6.61. The van der Waals surface area contributed by atoms with Crippen LogP contribution in [-0.2, 0) is 27.4 Å². The molecule has 1 aliphatic rings. The highest BCUT2D eigenvalue weighted by Crippen LogP contribution is 2.32. The lowest BCUT2D eigenvalue weighted by Gasteiger charge is -2.40. The number of hydrogen-bond donors (Lipinski definition) is 0. The number of carboxylic acid groups (broad SMARTS) is 1. The average molecular weight is 641 g/mol. The van der Waals surface area contributed by atoms with Crippen LogP contribution in [-0.4, -0.2) is 57.6 Å². The van der Waals surface area contributed by atoms with Gasteiger partial charge in [0.25, 0.3) is 0 Å². The number of carbonyl (C=O) groups excluding carboxylic acids is 2. The minimum atomic E-state index is -1.18. The van der Waals surface area contributed by atoms with E-state index in [-0.39, 0.29) is 32.0 Å². The van der Waals surface area contributed by atoms with E-state index in [1.54, 1.807) is 24.3 Å². The molecule has 9 heteroatoms. The molecule has 4 aromatic rings. The molecule has 1 saturated heterocycles. The Morgan fingerprint density at radius 3 is 2.30 bits per heavy atom. The first-order valence-corrected chi connectivity index (χ1v) is 19.5. The predicted molar refractivity (Wildman–Crippen MR) is 178 cm³/mol. The number of likely N-dealkylation sites (tertiary alicyclic amines) is 1. The fourth-order valence-corrected chi connectivity index (χ4v) is 6.25. The Morgan fingerprint density at radius 2 is 1.59 bits per heavy atom. The molecule has 0 aliphatic carbocycles. The second-order valence-electron chi connectivity index (χ2n) is 13.0.